The van der Waals surface area contributed by atoms with Gasteiger partial charge in [0.25, 0.3) is 0 Å². The summed E-state index contributed by atoms with van der Waals surface area (Å²) in [6, 6.07) is 26.4. The minimum atomic E-state index is -0.816. The summed E-state index contributed by atoms with van der Waals surface area (Å²) in [5.41, 5.74) is 9.84. The number of nitrogens with two attached hydrogens (primary N) is 1. The van der Waals surface area contributed by atoms with Crippen LogP contribution < -0.4 is 10.5 Å². The molecule has 0 radical (unpaired) electrons. The first-order valence-electron chi connectivity index (χ1n) is 11.4. The standard InChI is InChI=1S/C28H32N2O2/c1-30(19-15-22-13-14-26-23(21-22)16-20-32-26)18-8-17-28(27(29)31,24-9-4-2-5-10-24)25-11-6-3-7-12-25/h2-7,9-14,21H,8,15-20H2,1H3,(H2,29,31). The third-order valence-corrected chi connectivity index (χ3v) is 6.58. The van der Waals surface area contributed by atoms with Gasteiger partial charge >= 0.3 is 0 Å². The third-order valence-electron chi connectivity index (χ3n) is 6.58. The van der Waals surface area contributed by atoms with Gasteiger partial charge in [0.15, 0.2) is 0 Å². The number of nitrogens with zero attached hydrogens (tertiary/aromatic N) is 1. The van der Waals surface area contributed by atoms with Crippen LogP contribution in [-0.2, 0) is 23.1 Å². The lowest BCUT2D eigenvalue weighted by Gasteiger charge is -2.32. The van der Waals surface area contributed by atoms with Crippen LogP contribution in [0.15, 0.2) is 78.9 Å². The van der Waals surface area contributed by atoms with Crippen LogP contribution in [0.25, 0.3) is 0 Å². The van der Waals surface area contributed by atoms with E-state index >= 15 is 0 Å². The zero-order chi connectivity index (χ0) is 22.4. The Balaban J connectivity index is 1.41. The summed E-state index contributed by atoms with van der Waals surface area (Å²) in [4.78, 5) is 15.2. The van der Waals surface area contributed by atoms with Gasteiger partial charge in [-0.2, -0.15) is 0 Å². The molecule has 1 aliphatic rings. The molecule has 2 N–H and O–H groups in total. The van der Waals surface area contributed by atoms with Crippen molar-refractivity contribution in [1.29, 1.82) is 0 Å². The number of likely N-dealkylation sites (N-methyl/N-ethyl adjacent to an activating group) is 1. The number of rotatable bonds is 10. The number of carbonyl (C=O) groups excluding carboxylic acids is 1. The van der Waals surface area contributed by atoms with Crippen LogP contribution in [0.5, 0.6) is 5.75 Å². The number of ether oxygens (including phenoxy) is 1. The Morgan fingerprint density at radius 2 is 1.62 bits per heavy atom. The lowest BCUT2D eigenvalue weighted by atomic mass is 9.70. The normalized spacial score (nSPS) is 13.1. The first-order chi connectivity index (χ1) is 15.6. The number of carbonyl (C=O) groups is 1. The van der Waals surface area contributed by atoms with E-state index in [1.807, 2.05) is 60.7 Å². The molecule has 0 saturated carbocycles. The number of primary amides is 1. The molecule has 0 spiro atoms. The average Bonchev–Trinajstić information content (AvgIpc) is 3.29. The van der Waals surface area contributed by atoms with E-state index in [9.17, 15) is 4.79 Å². The van der Waals surface area contributed by atoms with Crippen molar-refractivity contribution in [3.8, 4) is 5.75 Å². The molecule has 3 aromatic rings. The van der Waals surface area contributed by atoms with Crippen molar-refractivity contribution in [2.24, 2.45) is 5.73 Å². The molecule has 1 heterocycles. The molecular weight excluding hydrogens is 396 g/mol. The van der Waals surface area contributed by atoms with Gasteiger partial charge < -0.3 is 15.4 Å². The Morgan fingerprint density at radius 1 is 0.969 bits per heavy atom. The van der Waals surface area contributed by atoms with Gasteiger partial charge in [-0.1, -0.05) is 72.8 Å². The molecule has 0 fully saturated rings. The Labute approximate surface area is 191 Å². The quantitative estimate of drug-likeness (QED) is 0.522. The van der Waals surface area contributed by atoms with Crippen molar-refractivity contribution >= 4 is 5.91 Å². The molecule has 0 atom stereocenters. The van der Waals surface area contributed by atoms with Crippen LogP contribution in [0.4, 0.5) is 0 Å². The fraction of sp³-hybridized carbons (Fsp3) is 0.321. The number of fused-ring (bicyclic) bond motifs is 1. The maximum Gasteiger partial charge on any atom is 0.232 e. The molecule has 4 nitrogen and oxygen atoms in total. The van der Waals surface area contributed by atoms with Gasteiger partial charge in [-0.05, 0) is 61.2 Å². The van der Waals surface area contributed by atoms with E-state index in [0.29, 0.717) is 6.42 Å². The van der Waals surface area contributed by atoms with Crippen LogP contribution in [0.3, 0.4) is 0 Å². The first-order valence-corrected chi connectivity index (χ1v) is 11.4. The van der Waals surface area contributed by atoms with Crippen molar-refractivity contribution in [2.45, 2.75) is 31.1 Å². The van der Waals surface area contributed by atoms with Gasteiger partial charge in [0.2, 0.25) is 5.91 Å². The van der Waals surface area contributed by atoms with E-state index in [-0.39, 0.29) is 5.91 Å². The van der Waals surface area contributed by atoms with Crippen LogP contribution in [0, 0.1) is 0 Å². The predicted octanol–water partition coefficient (Wildman–Crippen LogP) is 4.35. The number of benzene rings is 3. The summed E-state index contributed by atoms with van der Waals surface area (Å²) < 4.78 is 5.61. The average molecular weight is 429 g/mol. The van der Waals surface area contributed by atoms with Gasteiger partial charge in [-0.3, -0.25) is 4.79 Å². The van der Waals surface area contributed by atoms with E-state index < -0.39 is 5.41 Å². The smallest absolute Gasteiger partial charge is 0.232 e. The molecule has 4 heteroatoms. The third kappa shape index (κ3) is 4.71. The molecule has 4 rings (SSSR count). The maximum absolute atomic E-state index is 12.9. The number of hydrogen-bond acceptors (Lipinski definition) is 3. The molecule has 166 valence electrons. The highest BCUT2D eigenvalue weighted by atomic mass is 16.5. The second-order valence-corrected chi connectivity index (χ2v) is 8.70. The number of amides is 1. The summed E-state index contributed by atoms with van der Waals surface area (Å²) >= 11 is 0. The molecular formula is C28H32N2O2. The van der Waals surface area contributed by atoms with Crippen LogP contribution >= 0.6 is 0 Å². The zero-order valence-corrected chi connectivity index (χ0v) is 18.8. The van der Waals surface area contributed by atoms with Crippen LogP contribution in [-0.4, -0.2) is 37.6 Å². The summed E-state index contributed by atoms with van der Waals surface area (Å²) in [7, 11) is 2.15. The van der Waals surface area contributed by atoms with E-state index in [4.69, 9.17) is 10.5 Å². The minimum absolute atomic E-state index is 0.294. The molecule has 3 aromatic carbocycles. The topological polar surface area (TPSA) is 55.6 Å². The van der Waals surface area contributed by atoms with Gasteiger partial charge in [-0.15, -0.1) is 0 Å². The first kappa shape index (κ1) is 22.1. The monoisotopic (exact) mass is 428 g/mol. The fourth-order valence-electron chi connectivity index (χ4n) is 4.75. The summed E-state index contributed by atoms with van der Waals surface area (Å²) in [6.07, 6.45) is 3.56. The highest BCUT2D eigenvalue weighted by Crippen LogP contribution is 2.36. The molecule has 0 aromatic heterocycles. The maximum atomic E-state index is 12.9. The van der Waals surface area contributed by atoms with Gasteiger partial charge in [-0.25, -0.2) is 0 Å². The van der Waals surface area contributed by atoms with Crippen LogP contribution in [0.2, 0.25) is 0 Å². The SMILES string of the molecule is CN(CCCC(C(N)=O)(c1ccccc1)c1ccccc1)CCc1ccc2c(c1)CCO2. The lowest BCUT2D eigenvalue weighted by Crippen LogP contribution is -2.43. The van der Waals surface area contributed by atoms with Gasteiger partial charge in [0, 0.05) is 13.0 Å². The largest absolute Gasteiger partial charge is 0.493 e. The van der Waals surface area contributed by atoms with E-state index in [2.05, 4.69) is 30.1 Å². The minimum Gasteiger partial charge on any atom is -0.493 e. The molecule has 0 saturated heterocycles. The molecule has 0 bridgehead atoms. The Bertz CT molecular complexity index is 994. The summed E-state index contributed by atoms with van der Waals surface area (Å²) in [5, 5.41) is 0. The van der Waals surface area contributed by atoms with Crippen molar-refractivity contribution in [1.82, 2.24) is 4.90 Å². The summed E-state index contributed by atoms with van der Waals surface area (Å²) in [5.74, 6) is 0.740. The highest BCUT2D eigenvalue weighted by Gasteiger charge is 2.39. The molecule has 0 unspecified atom stereocenters. The summed E-state index contributed by atoms with van der Waals surface area (Å²) in [6.45, 7) is 2.67. The zero-order valence-electron chi connectivity index (χ0n) is 18.8. The van der Waals surface area contributed by atoms with Crippen molar-refractivity contribution in [3.05, 3.63) is 101 Å². The van der Waals surface area contributed by atoms with Gasteiger partial charge in [0.05, 0.1) is 12.0 Å². The number of hydrogen-bond donors (Lipinski definition) is 1. The fourth-order valence-corrected chi connectivity index (χ4v) is 4.75. The second-order valence-electron chi connectivity index (χ2n) is 8.70. The van der Waals surface area contributed by atoms with Crippen molar-refractivity contribution < 1.29 is 9.53 Å². The van der Waals surface area contributed by atoms with E-state index in [1.165, 1.54) is 11.1 Å². The van der Waals surface area contributed by atoms with Crippen molar-refractivity contribution in [2.75, 3.05) is 26.7 Å². The Morgan fingerprint density at radius 3 is 2.25 bits per heavy atom. The van der Waals surface area contributed by atoms with E-state index in [1.54, 1.807) is 0 Å². The Kier molecular flexibility index (Phi) is 6.91. The molecule has 1 amide bonds. The second kappa shape index (κ2) is 10.0. The lowest BCUT2D eigenvalue weighted by molar-refractivity contribution is -0.122. The molecule has 1 aliphatic heterocycles. The Hall–Kier alpha value is -3.11. The van der Waals surface area contributed by atoms with Gasteiger partial charge in [0.1, 0.15) is 5.75 Å². The van der Waals surface area contributed by atoms with Crippen molar-refractivity contribution in [3.63, 3.8) is 0 Å². The van der Waals surface area contributed by atoms with Crippen LogP contribution in [0.1, 0.15) is 35.1 Å². The molecule has 32 heavy (non-hydrogen) atoms. The predicted molar refractivity (Wildman–Crippen MR) is 129 cm³/mol. The highest BCUT2D eigenvalue weighted by molar-refractivity contribution is 5.90. The molecule has 0 aliphatic carbocycles. The van der Waals surface area contributed by atoms with E-state index in [0.717, 1.165) is 55.8 Å².